The van der Waals surface area contributed by atoms with Gasteiger partial charge in [0.1, 0.15) is 0 Å². The van der Waals surface area contributed by atoms with Crippen molar-refractivity contribution in [3.05, 3.63) is 0 Å². The average molecular weight is 171 g/mol. The molecule has 2 unspecified atom stereocenters. The normalized spacial score (nSPS) is 42.2. The van der Waals surface area contributed by atoms with Crippen molar-refractivity contribution in [2.75, 3.05) is 26.8 Å². The van der Waals surface area contributed by atoms with E-state index in [2.05, 4.69) is 5.32 Å². The fourth-order valence-corrected chi connectivity index (χ4v) is 2.24. The van der Waals surface area contributed by atoms with Crippen LogP contribution in [0, 0.1) is 0 Å². The summed E-state index contributed by atoms with van der Waals surface area (Å²) >= 11 is 0. The van der Waals surface area contributed by atoms with Crippen molar-refractivity contribution in [2.24, 2.45) is 0 Å². The van der Waals surface area contributed by atoms with Crippen LogP contribution in [-0.4, -0.2) is 38.5 Å². The Morgan fingerprint density at radius 2 is 2.50 bits per heavy atom. The highest BCUT2D eigenvalue weighted by atomic mass is 16.5. The van der Waals surface area contributed by atoms with Crippen molar-refractivity contribution in [1.29, 1.82) is 0 Å². The third-order valence-corrected chi connectivity index (χ3v) is 2.99. The Morgan fingerprint density at radius 3 is 3.08 bits per heavy atom. The van der Waals surface area contributed by atoms with Crippen molar-refractivity contribution >= 4 is 0 Å². The van der Waals surface area contributed by atoms with E-state index in [1.54, 1.807) is 7.11 Å². The number of methoxy groups -OCH3 is 1. The van der Waals surface area contributed by atoms with Crippen molar-refractivity contribution in [3.8, 4) is 0 Å². The Bertz CT molecular complexity index is 155. The van der Waals surface area contributed by atoms with Crippen LogP contribution in [-0.2, 0) is 9.47 Å². The summed E-state index contributed by atoms with van der Waals surface area (Å²) in [7, 11) is 1.79. The zero-order valence-corrected chi connectivity index (χ0v) is 7.64. The van der Waals surface area contributed by atoms with Gasteiger partial charge in [0.05, 0.1) is 18.3 Å². The molecule has 0 bridgehead atoms. The fourth-order valence-electron chi connectivity index (χ4n) is 2.24. The molecule has 12 heavy (non-hydrogen) atoms. The van der Waals surface area contributed by atoms with E-state index in [-0.39, 0.29) is 5.60 Å². The van der Waals surface area contributed by atoms with Crippen LogP contribution in [0.3, 0.4) is 0 Å². The first-order valence-electron chi connectivity index (χ1n) is 4.72. The highest BCUT2D eigenvalue weighted by molar-refractivity contribution is 4.95. The topological polar surface area (TPSA) is 30.5 Å². The van der Waals surface area contributed by atoms with E-state index >= 15 is 0 Å². The van der Waals surface area contributed by atoms with Gasteiger partial charge in [-0.15, -0.1) is 0 Å². The summed E-state index contributed by atoms with van der Waals surface area (Å²) in [5, 5.41) is 3.38. The second-order valence-corrected chi connectivity index (χ2v) is 3.81. The summed E-state index contributed by atoms with van der Waals surface area (Å²) in [5.41, 5.74) is 0.110. The largest absolute Gasteiger partial charge is 0.381 e. The van der Waals surface area contributed by atoms with Crippen LogP contribution in [0.5, 0.6) is 0 Å². The van der Waals surface area contributed by atoms with E-state index in [1.807, 2.05) is 0 Å². The SMILES string of the molecule is COC1CCC2(CNCCO2)C1. The molecule has 3 heteroatoms. The molecule has 1 heterocycles. The van der Waals surface area contributed by atoms with Crippen LogP contribution >= 0.6 is 0 Å². The van der Waals surface area contributed by atoms with Crippen LogP contribution in [0.4, 0.5) is 0 Å². The van der Waals surface area contributed by atoms with Crippen molar-refractivity contribution < 1.29 is 9.47 Å². The molecule has 3 nitrogen and oxygen atoms in total. The molecule has 1 aliphatic carbocycles. The first-order valence-corrected chi connectivity index (χ1v) is 4.72. The average Bonchev–Trinajstić information content (AvgIpc) is 2.50. The Morgan fingerprint density at radius 1 is 1.58 bits per heavy atom. The predicted octanol–water partition coefficient (Wildman–Crippen LogP) is 0.544. The van der Waals surface area contributed by atoms with Crippen LogP contribution in [0.2, 0.25) is 0 Å². The summed E-state index contributed by atoms with van der Waals surface area (Å²) in [6.45, 7) is 2.86. The number of hydrogen-bond acceptors (Lipinski definition) is 3. The third-order valence-electron chi connectivity index (χ3n) is 2.99. The summed E-state index contributed by atoms with van der Waals surface area (Å²) < 4.78 is 11.1. The molecule has 1 spiro atoms. The fraction of sp³-hybridized carbons (Fsp3) is 1.00. The van der Waals surface area contributed by atoms with Gasteiger partial charge in [0.15, 0.2) is 0 Å². The number of hydrogen-bond donors (Lipinski definition) is 1. The number of nitrogens with one attached hydrogen (secondary N) is 1. The first-order chi connectivity index (χ1) is 5.85. The number of morpholine rings is 1. The maximum absolute atomic E-state index is 5.82. The summed E-state index contributed by atoms with van der Waals surface area (Å²) in [4.78, 5) is 0. The minimum absolute atomic E-state index is 0.110. The maximum atomic E-state index is 5.82. The second kappa shape index (κ2) is 3.32. The smallest absolute Gasteiger partial charge is 0.0832 e. The second-order valence-electron chi connectivity index (χ2n) is 3.81. The number of ether oxygens (including phenoxy) is 2. The van der Waals surface area contributed by atoms with Crippen molar-refractivity contribution in [2.45, 2.75) is 31.0 Å². The zero-order valence-electron chi connectivity index (χ0n) is 7.64. The van der Waals surface area contributed by atoms with E-state index in [0.29, 0.717) is 6.10 Å². The molecule has 2 fully saturated rings. The molecule has 2 rings (SSSR count). The van der Waals surface area contributed by atoms with Gasteiger partial charge in [0.2, 0.25) is 0 Å². The molecular weight excluding hydrogens is 154 g/mol. The minimum atomic E-state index is 0.110. The number of rotatable bonds is 1. The molecule has 0 aromatic rings. The Labute approximate surface area is 73.4 Å². The van der Waals surface area contributed by atoms with Gasteiger partial charge in [0.25, 0.3) is 0 Å². The molecule has 0 aromatic heterocycles. The van der Waals surface area contributed by atoms with E-state index in [0.717, 1.165) is 39.0 Å². The third kappa shape index (κ3) is 1.49. The van der Waals surface area contributed by atoms with Crippen molar-refractivity contribution in [3.63, 3.8) is 0 Å². The summed E-state index contributed by atoms with van der Waals surface area (Å²) in [5.74, 6) is 0. The summed E-state index contributed by atoms with van der Waals surface area (Å²) in [6.07, 6.45) is 3.79. The lowest BCUT2D eigenvalue weighted by Crippen LogP contribution is -2.48. The first kappa shape index (κ1) is 8.48. The van der Waals surface area contributed by atoms with Crippen molar-refractivity contribution in [1.82, 2.24) is 5.32 Å². The van der Waals surface area contributed by atoms with Gasteiger partial charge in [-0.1, -0.05) is 0 Å². The van der Waals surface area contributed by atoms with E-state index in [4.69, 9.17) is 9.47 Å². The lowest BCUT2D eigenvalue weighted by molar-refractivity contribution is -0.0689. The van der Waals surface area contributed by atoms with Gasteiger partial charge in [-0.3, -0.25) is 0 Å². The molecule has 70 valence electrons. The van der Waals surface area contributed by atoms with Gasteiger partial charge >= 0.3 is 0 Å². The van der Waals surface area contributed by atoms with Crippen LogP contribution in [0.1, 0.15) is 19.3 Å². The lowest BCUT2D eigenvalue weighted by Gasteiger charge is -2.34. The molecule has 1 N–H and O–H groups in total. The molecule has 2 aliphatic rings. The van der Waals surface area contributed by atoms with E-state index in [9.17, 15) is 0 Å². The maximum Gasteiger partial charge on any atom is 0.0832 e. The minimum Gasteiger partial charge on any atom is -0.381 e. The van der Waals surface area contributed by atoms with Crippen LogP contribution in [0.15, 0.2) is 0 Å². The van der Waals surface area contributed by atoms with E-state index in [1.165, 1.54) is 0 Å². The lowest BCUT2D eigenvalue weighted by atomic mass is 10.0. The molecule has 0 radical (unpaired) electrons. The Kier molecular flexibility index (Phi) is 2.35. The predicted molar refractivity (Wildman–Crippen MR) is 46.2 cm³/mol. The van der Waals surface area contributed by atoms with Gasteiger partial charge in [-0.2, -0.15) is 0 Å². The monoisotopic (exact) mass is 171 g/mol. The molecular formula is C9H17NO2. The molecule has 2 atom stereocenters. The Hall–Kier alpha value is -0.120. The molecule has 1 saturated carbocycles. The highest BCUT2D eigenvalue weighted by Gasteiger charge is 2.41. The van der Waals surface area contributed by atoms with Gasteiger partial charge in [0, 0.05) is 26.6 Å². The Balaban J connectivity index is 1.94. The van der Waals surface area contributed by atoms with Gasteiger partial charge < -0.3 is 14.8 Å². The summed E-state index contributed by atoms with van der Waals surface area (Å²) in [6, 6.07) is 0. The van der Waals surface area contributed by atoms with Crippen LogP contribution in [0.25, 0.3) is 0 Å². The van der Waals surface area contributed by atoms with E-state index < -0.39 is 0 Å². The zero-order chi connectivity index (χ0) is 8.44. The quantitative estimate of drug-likeness (QED) is 0.624. The molecule has 1 aliphatic heterocycles. The molecule has 1 saturated heterocycles. The van der Waals surface area contributed by atoms with Crippen LogP contribution < -0.4 is 5.32 Å². The molecule has 0 aromatic carbocycles. The van der Waals surface area contributed by atoms with Gasteiger partial charge in [-0.25, -0.2) is 0 Å². The highest BCUT2D eigenvalue weighted by Crippen LogP contribution is 2.35. The van der Waals surface area contributed by atoms with Gasteiger partial charge in [-0.05, 0) is 12.8 Å². The standard InChI is InChI=1S/C9H17NO2/c1-11-8-2-3-9(6-8)7-10-4-5-12-9/h8,10H,2-7H2,1H3. The molecule has 0 amide bonds.